The molecule has 13 heavy (non-hydrogen) atoms. The molecule has 0 saturated carbocycles. The maximum atomic E-state index is 11.8. The van der Waals surface area contributed by atoms with E-state index in [1.165, 1.54) is 0 Å². The third-order valence-electron chi connectivity index (χ3n) is 1.35. The number of unbranched alkanes of at least 4 members (excludes halogenated alkanes) is 1. The van der Waals surface area contributed by atoms with Gasteiger partial charge in [-0.05, 0) is 19.8 Å². The summed E-state index contributed by atoms with van der Waals surface area (Å²) in [6.07, 6.45) is 0.686. The largest absolute Gasteiger partial charge is 0.616 e. The van der Waals surface area contributed by atoms with Crippen LogP contribution in [0.1, 0.15) is 19.8 Å². The summed E-state index contributed by atoms with van der Waals surface area (Å²) in [5, 5.41) is 0. The highest BCUT2D eigenvalue weighted by Gasteiger charge is 2.35. The van der Waals surface area contributed by atoms with Gasteiger partial charge in [0.05, 0.1) is 6.61 Å². The minimum atomic E-state index is -5.31. The van der Waals surface area contributed by atoms with Gasteiger partial charge in [0.1, 0.15) is 0 Å². The Kier molecular flexibility index (Phi) is 6.06. The van der Waals surface area contributed by atoms with Crippen molar-refractivity contribution in [3.63, 3.8) is 0 Å². The van der Waals surface area contributed by atoms with E-state index in [-0.39, 0.29) is 6.42 Å². The van der Waals surface area contributed by atoms with E-state index in [0.717, 1.165) is 5.57 Å². The van der Waals surface area contributed by atoms with Crippen molar-refractivity contribution in [1.29, 1.82) is 0 Å². The minimum Gasteiger partial charge on any atom is -0.377 e. The van der Waals surface area contributed by atoms with Gasteiger partial charge in [0.2, 0.25) is 0 Å². The molecule has 0 aromatic heterocycles. The van der Waals surface area contributed by atoms with E-state index in [4.69, 9.17) is 4.74 Å². The highest BCUT2D eigenvalue weighted by atomic mass is 28.5. The molecular formula is C8H15F3OSi. The van der Waals surface area contributed by atoms with Crippen LogP contribution in [0.25, 0.3) is 0 Å². The average Bonchev–Trinajstić information content (AvgIpc) is 1.93. The Morgan fingerprint density at radius 3 is 2.38 bits per heavy atom. The molecule has 0 aliphatic rings. The maximum Gasteiger partial charge on any atom is 0.616 e. The number of halogens is 3. The first kappa shape index (κ1) is 12.7. The van der Waals surface area contributed by atoms with Crippen LogP contribution in [0.5, 0.6) is 0 Å². The molecule has 0 spiro atoms. The van der Waals surface area contributed by atoms with Crippen LogP contribution in [-0.4, -0.2) is 22.3 Å². The fourth-order valence-corrected chi connectivity index (χ4v) is 1.43. The Morgan fingerprint density at radius 1 is 1.31 bits per heavy atom. The van der Waals surface area contributed by atoms with Crippen LogP contribution in [0.15, 0.2) is 12.2 Å². The van der Waals surface area contributed by atoms with Gasteiger partial charge in [-0.2, -0.15) is 0 Å². The quantitative estimate of drug-likeness (QED) is 0.272. The Morgan fingerprint density at radius 2 is 1.92 bits per heavy atom. The lowest BCUT2D eigenvalue weighted by Crippen LogP contribution is -2.14. The van der Waals surface area contributed by atoms with Crippen LogP contribution in [0.2, 0.25) is 6.04 Å². The lowest BCUT2D eigenvalue weighted by Gasteiger charge is -2.04. The Bertz CT molecular complexity index is 156. The smallest absolute Gasteiger partial charge is 0.377 e. The standard InChI is InChI=1S/C8H15F3OSi/c1-8(2)7-12-5-3-4-6-13(9,10)11/h1,3-7H2,2H3. The molecule has 0 saturated heterocycles. The molecule has 0 aliphatic heterocycles. The molecule has 1 nitrogen and oxygen atoms in total. The summed E-state index contributed by atoms with van der Waals surface area (Å²) in [6, 6.07) is -0.580. The van der Waals surface area contributed by atoms with Gasteiger partial charge in [-0.25, -0.2) is 12.3 Å². The molecule has 0 unspecified atom stereocenters. The molecule has 0 fully saturated rings. The fourth-order valence-electron chi connectivity index (χ4n) is 0.776. The molecule has 0 radical (unpaired) electrons. The summed E-state index contributed by atoms with van der Waals surface area (Å²) < 4.78 is 40.4. The highest BCUT2D eigenvalue weighted by molar-refractivity contribution is 6.58. The Labute approximate surface area is 78.1 Å². The minimum absolute atomic E-state index is 0.200. The van der Waals surface area contributed by atoms with Gasteiger partial charge in [0.25, 0.3) is 0 Å². The van der Waals surface area contributed by atoms with Gasteiger partial charge in [0.15, 0.2) is 0 Å². The Balaban J connectivity index is 3.13. The normalized spacial score (nSPS) is 11.7. The van der Waals surface area contributed by atoms with Gasteiger partial charge < -0.3 is 4.74 Å². The van der Waals surface area contributed by atoms with Crippen LogP contribution >= 0.6 is 0 Å². The third-order valence-corrected chi connectivity index (χ3v) is 2.27. The van der Waals surface area contributed by atoms with E-state index in [2.05, 4.69) is 6.58 Å². The summed E-state index contributed by atoms with van der Waals surface area (Å²) in [5.41, 5.74) is 0.894. The summed E-state index contributed by atoms with van der Waals surface area (Å²) in [4.78, 5) is 0. The molecule has 0 rings (SSSR count). The van der Waals surface area contributed by atoms with Crippen LogP contribution in [0.4, 0.5) is 12.3 Å². The fraction of sp³-hybridized carbons (Fsp3) is 0.750. The molecule has 0 heterocycles. The van der Waals surface area contributed by atoms with Crippen LogP contribution in [-0.2, 0) is 4.74 Å². The van der Waals surface area contributed by atoms with Crippen molar-refractivity contribution < 1.29 is 17.1 Å². The summed E-state index contributed by atoms with van der Waals surface area (Å²) in [5.74, 6) is 0. The van der Waals surface area contributed by atoms with Gasteiger partial charge >= 0.3 is 9.08 Å². The first-order chi connectivity index (χ1) is 5.92. The molecule has 0 aromatic rings. The number of rotatable bonds is 7. The van der Waals surface area contributed by atoms with E-state index < -0.39 is 15.1 Å². The number of hydrogen-bond acceptors (Lipinski definition) is 1. The monoisotopic (exact) mass is 212 g/mol. The van der Waals surface area contributed by atoms with Crippen LogP contribution in [0.3, 0.4) is 0 Å². The second-order valence-electron chi connectivity index (χ2n) is 3.08. The maximum absolute atomic E-state index is 11.8. The topological polar surface area (TPSA) is 9.23 Å². The van der Waals surface area contributed by atoms with Gasteiger partial charge in [-0.15, -0.1) is 0 Å². The van der Waals surface area contributed by atoms with Gasteiger partial charge in [0, 0.05) is 12.7 Å². The zero-order valence-corrected chi connectivity index (χ0v) is 8.78. The van der Waals surface area contributed by atoms with Crippen molar-refractivity contribution in [1.82, 2.24) is 0 Å². The van der Waals surface area contributed by atoms with Crippen LogP contribution in [0, 0.1) is 0 Å². The lowest BCUT2D eigenvalue weighted by atomic mass is 10.3. The highest BCUT2D eigenvalue weighted by Crippen LogP contribution is 2.17. The molecule has 0 aromatic carbocycles. The van der Waals surface area contributed by atoms with Gasteiger partial charge in [-0.3, -0.25) is 0 Å². The van der Waals surface area contributed by atoms with E-state index >= 15 is 0 Å². The molecular weight excluding hydrogens is 197 g/mol. The van der Waals surface area contributed by atoms with Crippen molar-refractivity contribution in [3.05, 3.63) is 12.2 Å². The van der Waals surface area contributed by atoms with Crippen LogP contribution < -0.4 is 0 Å². The summed E-state index contributed by atoms with van der Waals surface area (Å²) in [6.45, 7) is 6.28. The molecule has 0 N–H and O–H groups in total. The van der Waals surface area contributed by atoms with E-state index in [0.29, 0.717) is 19.6 Å². The van der Waals surface area contributed by atoms with Crippen molar-refractivity contribution in [2.75, 3.05) is 13.2 Å². The zero-order valence-electron chi connectivity index (χ0n) is 7.78. The predicted octanol–water partition coefficient (Wildman–Crippen LogP) is 3.21. The average molecular weight is 212 g/mol. The first-order valence-electron chi connectivity index (χ1n) is 4.20. The second-order valence-corrected chi connectivity index (χ2v) is 4.81. The molecule has 0 atom stereocenters. The predicted molar refractivity (Wildman–Crippen MR) is 48.8 cm³/mol. The first-order valence-corrected chi connectivity index (χ1v) is 6.05. The molecule has 0 bridgehead atoms. The number of ether oxygens (including phenoxy) is 1. The van der Waals surface area contributed by atoms with Crippen molar-refractivity contribution in [2.24, 2.45) is 0 Å². The second kappa shape index (κ2) is 6.20. The molecule has 0 aliphatic carbocycles. The van der Waals surface area contributed by atoms with Crippen molar-refractivity contribution in [3.8, 4) is 0 Å². The molecule has 5 heteroatoms. The van der Waals surface area contributed by atoms with Crippen molar-refractivity contribution in [2.45, 2.75) is 25.8 Å². The van der Waals surface area contributed by atoms with Gasteiger partial charge in [-0.1, -0.05) is 12.2 Å². The Hall–Kier alpha value is -0.293. The van der Waals surface area contributed by atoms with E-state index in [9.17, 15) is 12.3 Å². The number of hydrogen-bond donors (Lipinski definition) is 0. The SMILES string of the molecule is C=C(C)COCCCC[Si](F)(F)F. The molecule has 0 amide bonds. The van der Waals surface area contributed by atoms with E-state index in [1.807, 2.05) is 6.92 Å². The van der Waals surface area contributed by atoms with E-state index in [1.54, 1.807) is 0 Å². The summed E-state index contributed by atoms with van der Waals surface area (Å²) >= 11 is 0. The lowest BCUT2D eigenvalue weighted by molar-refractivity contribution is 0.152. The molecule has 78 valence electrons. The summed E-state index contributed by atoms with van der Waals surface area (Å²) in [7, 11) is -5.31. The third kappa shape index (κ3) is 11.7. The zero-order chi connectivity index (χ0) is 10.3. The van der Waals surface area contributed by atoms with Crippen molar-refractivity contribution >= 4 is 9.08 Å².